The number of anilines is 1. The van der Waals surface area contributed by atoms with Crippen LogP contribution in [-0.2, 0) is 21.9 Å². The van der Waals surface area contributed by atoms with E-state index in [0.29, 0.717) is 30.9 Å². The van der Waals surface area contributed by atoms with Gasteiger partial charge in [-0.05, 0) is 59.7 Å². The molecule has 3 rings (SSSR count). The van der Waals surface area contributed by atoms with Gasteiger partial charge in [0.05, 0.1) is 18.5 Å². The van der Waals surface area contributed by atoms with Crippen molar-refractivity contribution < 1.29 is 17.9 Å². The highest BCUT2D eigenvalue weighted by atomic mass is 32.2. The molecule has 7 heteroatoms. The second-order valence-electron chi connectivity index (χ2n) is 8.66. The summed E-state index contributed by atoms with van der Waals surface area (Å²) in [5, 5.41) is 2.86. The smallest absolute Gasteiger partial charge is 0.251 e. The van der Waals surface area contributed by atoms with Gasteiger partial charge in [-0.15, -0.1) is 0 Å². The van der Waals surface area contributed by atoms with Gasteiger partial charge in [-0.25, -0.2) is 8.42 Å². The third-order valence-corrected chi connectivity index (χ3v) is 6.37. The number of hydrogen-bond donors (Lipinski definition) is 1. The van der Waals surface area contributed by atoms with Gasteiger partial charge in [-0.1, -0.05) is 32.9 Å². The highest BCUT2D eigenvalue weighted by Gasteiger charge is 2.24. The van der Waals surface area contributed by atoms with Crippen LogP contribution >= 0.6 is 0 Å². The number of rotatable bonds is 6. The van der Waals surface area contributed by atoms with E-state index in [-0.39, 0.29) is 11.3 Å². The van der Waals surface area contributed by atoms with Crippen molar-refractivity contribution in [1.29, 1.82) is 0 Å². The Bertz CT molecular complexity index is 1010. The van der Waals surface area contributed by atoms with Gasteiger partial charge < -0.3 is 10.1 Å². The minimum Gasteiger partial charge on any atom is -0.492 e. The maximum absolute atomic E-state index is 12.5. The zero-order chi connectivity index (χ0) is 21.9. The number of nitrogens with one attached hydrogen (secondary N) is 1. The number of hydrogen-bond acceptors (Lipinski definition) is 4. The molecule has 30 heavy (non-hydrogen) atoms. The topological polar surface area (TPSA) is 75.7 Å². The first-order chi connectivity index (χ1) is 14.1. The van der Waals surface area contributed by atoms with Gasteiger partial charge in [0.2, 0.25) is 10.0 Å². The zero-order valence-electron chi connectivity index (χ0n) is 18.1. The Morgan fingerprint density at radius 2 is 1.83 bits per heavy atom. The second kappa shape index (κ2) is 8.68. The number of fused-ring (bicyclic) bond motifs is 1. The molecule has 0 fully saturated rings. The van der Waals surface area contributed by atoms with Crippen molar-refractivity contribution in [1.82, 2.24) is 5.32 Å². The summed E-state index contributed by atoms with van der Waals surface area (Å²) in [6, 6.07) is 13.2. The molecule has 0 aromatic heterocycles. The Balaban J connectivity index is 1.54. The van der Waals surface area contributed by atoms with Crippen LogP contribution in [0.15, 0.2) is 42.5 Å². The number of sulfonamides is 1. The molecule has 2 aromatic rings. The Morgan fingerprint density at radius 1 is 1.13 bits per heavy atom. The third-order valence-electron chi connectivity index (χ3n) is 5.19. The quantitative estimate of drug-likeness (QED) is 0.712. The summed E-state index contributed by atoms with van der Waals surface area (Å²) in [5.41, 5.74) is 3.42. The average Bonchev–Trinajstić information content (AvgIpc) is 2.69. The normalized spacial score (nSPS) is 14.2. The van der Waals surface area contributed by atoms with Crippen LogP contribution in [0.2, 0.25) is 0 Å². The van der Waals surface area contributed by atoms with Crippen LogP contribution in [0.5, 0.6) is 5.75 Å². The second-order valence-corrected chi connectivity index (χ2v) is 10.6. The van der Waals surface area contributed by atoms with E-state index in [1.54, 1.807) is 18.2 Å². The number of aryl methyl sites for hydroxylation is 1. The standard InChI is InChI=1S/C23H30N2O4S/c1-23(2,3)19-8-10-20(11-9-19)29-15-13-24-22(26)18-7-12-21-17(16-18)6-5-14-25(21)30(4,27)28/h7-12,16H,5-6,13-15H2,1-4H3,(H,24,26). The summed E-state index contributed by atoms with van der Waals surface area (Å²) in [7, 11) is -3.31. The van der Waals surface area contributed by atoms with Gasteiger partial charge in [0.15, 0.2) is 0 Å². The lowest BCUT2D eigenvalue weighted by Crippen LogP contribution is -2.35. The van der Waals surface area contributed by atoms with Crippen molar-refractivity contribution in [3.63, 3.8) is 0 Å². The van der Waals surface area contributed by atoms with Crippen LogP contribution in [0.4, 0.5) is 5.69 Å². The molecule has 0 atom stereocenters. The Morgan fingerprint density at radius 3 is 2.47 bits per heavy atom. The van der Waals surface area contributed by atoms with Gasteiger partial charge in [0.1, 0.15) is 12.4 Å². The zero-order valence-corrected chi connectivity index (χ0v) is 18.9. The van der Waals surface area contributed by atoms with Gasteiger partial charge in [0, 0.05) is 12.1 Å². The SMILES string of the molecule is CC(C)(C)c1ccc(OCCNC(=O)c2ccc3c(c2)CCCN3S(C)(=O)=O)cc1. The molecule has 0 saturated heterocycles. The fraction of sp³-hybridized carbons (Fsp3) is 0.435. The van der Waals surface area contributed by atoms with Crippen LogP contribution in [-0.4, -0.2) is 40.3 Å². The molecule has 0 saturated carbocycles. The van der Waals surface area contributed by atoms with Crippen LogP contribution in [0, 0.1) is 0 Å². The van der Waals surface area contributed by atoms with Crippen LogP contribution < -0.4 is 14.4 Å². The number of nitrogens with zero attached hydrogens (tertiary/aromatic N) is 1. The summed E-state index contributed by atoms with van der Waals surface area (Å²) in [5.74, 6) is 0.577. The highest BCUT2D eigenvalue weighted by molar-refractivity contribution is 7.92. The fourth-order valence-corrected chi connectivity index (χ4v) is 4.53. The first-order valence-electron chi connectivity index (χ1n) is 10.2. The molecule has 162 valence electrons. The lowest BCUT2D eigenvalue weighted by molar-refractivity contribution is 0.0947. The maximum atomic E-state index is 12.5. The predicted octanol–water partition coefficient (Wildman–Crippen LogP) is 3.51. The Hall–Kier alpha value is -2.54. The lowest BCUT2D eigenvalue weighted by atomic mass is 9.87. The van der Waals surface area contributed by atoms with E-state index in [0.717, 1.165) is 24.2 Å². The molecule has 0 radical (unpaired) electrons. The highest BCUT2D eigenvalue weighted by Crippen LogP contribution is 2.30. The first kappa shape index (κ1) is 22.2. The van der Waals surface area contributed by atoms with E-state index in [1.165, 1.54) is 16.1 Å². The molecule has 1 aliphatic rings. The molecule has 0 unspecified atom stereocenters. The summed E-state index contributed by atoms with van der Waals surface area (Å²) < 4.78 is 31.0. The summed E-state index contributed by atoms with van der Waals surface area (Å²) in [6.07, 6.45) is 2.71. The van der Waals surface area contributed by atoms with E-state index in [4.69, 9.17) is 4.74 Å². The molecule has 0 aliphatic carbocycles. The molecule has 1 amide bonds. The van der Waals surface area contributed by atoms with Crippen LogP contribution in [0.1, 0.15) is 48.7 Å². The van der Waals surface area contributed by atoms with Gasteiger partial charge in [0.25, 0.3) is 5.91 Å². The van der Waals surface area contributed by atoms with E-state index < -0.39 is 10.0 Å². The summed E-state index contributed by atoms with van der Waals surface area (Å²) in [6.45, 7) is 7.72. The molecule has 1 aliphatic heterocycles. The van der Waals surface area contributed by atoms with E-state index in [1.807, 2.05) is 12.1 Å². The maximum Gasteiger partial charge on any atom is 0.251 e. The summed E-state index contributed by atoms with van der Waals surface area (Å²) >= 11 is 0. The van der Waals surface area contributed by atoms with E-state index in [2.05, 4.69) is 38.2 Å². The molecule has 2 aromatic carbocycles. The molecular weight excluding hydrogens is 400 g/mol. The minimum atomic E-state index is -3.31. The number of ether oxygens (including phenoxy) is 1. The van der Waals surface area contributed by atoms with Crippen molar-refractivity contribution in [2.75, 3.05) is 30.3 Å². The van der Waals surface area contributed by atoms with Crippen molar-refractivity contribution in [3.8, 4) is 5.75 Å². The first-order valence-corrected chi connectivity index (χ1v) is 12.0. The number of carbonyl (C=O) groups excluding carboxylic acids is 1. The largest absolute Gasteiger partial charge is 0.492 e. The van der Waals surface area contributed by atoms with Crippen molar-refractivity contribution in [3.05, 3.63) is 59.2 Å². The lowest BCUT2D eigenvalue weighted by Gasteiger charge is -2.29. The van der Waals surface area contributed by atoms with Crippen molar-refractivity contribution in [2.24, 2.45) is 0 Å². The fourth-order valence-electron chi connectivity index (χ4n) is 3.53. The molecule has 0 spiro atoms. The summed E-state index contributed by atoms with van der Waals surface area (Å²) in [4.78, 5) is 12.5. The van der Waals surface area contributed by atoms with Crippen molar-refractivity contribution >= 4 is 21.6 Å². The van der Waals surface area contributed by atoms with Crippen LogP contribution in [0.3, 0.4) is 0 Å². The number of benzene rings is 2. The molecule has 1 heterocycles. The number of carbonyl (C=O) groups is 1. The van der Waals surface area contributed by atoms with Crippen LogP contribution in [0.25, 0.3) is 0 Å². The predicted molar refractivity (Wildman–Crippen MR) is 120 cm³/mol. The minimum absolute atomic E-state index is 0.0970. The van der Waals surface area contributed by atoms with Crippen molar-refractivity contribution in [2.45, 2.75) is 39.0 Å². The number of amides is 1. The average molecular weight is 431 g/mol. The van der Waals surface area contributed by atoms with E-state index in [9.17, 15) is 13.2 Å². The van der Waals surface area contributed by atoms with Gasteiger partial charge in [-0.2, -0.15) is 0 Å². The van der Waals surface area contributed by atoms with Gasteiger partial charge >= 0.3 is 0 Å². The molecule has 0 bridgehead atoms. The molecule has 1 N–H and O–H groups in total. The third kappa shape index (κ3) is 5.33. The monoisotopic (exact) mass is 430 g/mol. The Labute approximate surface area is 179 Å². The molecular formula is C23H30N2O4S. The Kier molecular flexibility index (Phi) is 6.41. The van der Waals surface area contributed by atoms with E-state index >= 15 is 0 Å². The van der Waals surface area contributed by atoms with Gasteiger partial charge in [-0.3, -0.25) is 9.10 Å². The molecule has 6 nitrogen and oxygen atoms in total.